The molecule has 0 radical (unpaired) electrons. The van der Waals surface area contributed by atoms with Crippen molar-refractivity contribution in [2.75, 3.05) is 5.32 Å². The van der Waals surface area contributed by atoms with Crippen LogP contribution in [0.1, 0.15) is 30.0 Å². The van der Waals surface area contributed by atoms with Crippen molar-refractivity contribution < 1.29 is 14.0 Å². The number of amidine groups is 1. The van der Waals surface area contributed by atoms with E-state index in [2.05, 4.69) is 26.2 Å². The van der Waals surface area contributed by atoms with Crippen molar-refractivity contribution in [3.05, 3.63) is 100 Å². The number of thioether (sulfide) groups is 1. The highest BCUT2D eigenvalue weighted by molar-refractivity contribution is 9.10. The summed E-state index contributed by atoms with van der Waals surface area (Å²) in [5.74, 6) is -0.941. The molecule has 0 aliphatic carbocycles. The van der Waals surface area contributed by atoms with Gasteiger partial charge in [0.1, 0.15) is 11.1 Å². The molecular weight excluding hydrogens is 531 g/mol. The van der Waals surface area contributed by atoms with E-state index in [0.29, 0.717) is 17.3 Å². The highest BCUT2D eigenvalue weighted by atomic mass is 79.9. The van der Waals surface area contributed by atoms with Gasteiger partial charge in [0.15, 0.2) is 5.17 Å². The third-order valence-corrected chi connectivity index (χ3v) is 7.31. The van der Waals surface area contributed by atoms with Gasteiger partial charge in [0.05, 0.1) is 11.8 Å². The number of anilines is 1. The molecule has 2 atom stereocenters. The molecule has 0 fully saturated rings. The van der Waals surface area contributed by atoms with Gasteiger partial charge in [0.25, 0.3) is 5.91 Å². The van der Waals surface area contributed by atoms with Crippen molar-refractivity contribution in [2.45, 2.75) is 24.1 Å². The summed E-state index contributed by atoms with van der Waals surface area (Å²) < 4.78 is 14.5. The van der Waals surface area contributed by atoms with E-state index in [4.69, 9.17) is 5.10 Å². The van der Waals surface area contributed by atoms with Gasteiger partial charge in [-0.15, -0.1) is 0 Å². The molecule has 3 aromatic rings. The van der Waals surface area contributed by atoms with E-state index in [9.17, 15) is 14.0 Å². The molecule has 176 valence electrons. The van der Waals surface area contributed by atoms with Crippen molar-refractivity contribution in [3.63, 3.8) is 0 Å². The fourth-order valence-electron chi connectivity index (χ4n) is 3.98. The van der Waals surface area contributed by atoms with Gasteiger partial charge >= 0.3 is 0 Å². The highest BCUT2D eigenvalue weighted by Crippen LogP contribution is 2.38. The van der Waals surface area contributed by atoms with Crippen molar-refractivity contribution in [1.82, 2.24) is 5.01 Å². The predicted molar refractivity (Wildman–Crippen MR) is 140 cm³/mol. The molecule has 1 N–H and O–H groups in total. The van der Waals surface area contributed by atoms with Crippen LogP contribution < -0.4 is 5.32 Å². The summed E-state index contributed by atoms with van der Waals surface area (Å²) >= 11 is 4.73. The van der Waals surface area contributed by atoms with Gasteiger partial charge in [0, 0.05) is 23.0 Å². The van der Waals surface area contributed by atoms with Crippen molar-refractivity contribution in [3.8, 4) is 0 Å². The Kier molecular flexibility index (Phi) is 6.79. The van der Waals surface area contributed by atoms with Crippen molar-refractivity contribution in [2.24, 2.45) is 10.1 Å². The number of hydrogen-bond donors (Lipinski definition) is 1. The zero-order valence-electron chi connectivity index (χ0n) is 18.4. The number of nitrogens with one attached hydrogen (secondary N) is 1. The van der Waals surface area contributed by atoms with Crippen LogP contribution in [0, 0.1) is 5.82 Å². The van der Waals surface area contributed by atoms with E-state index in [0.717, 1.165) is 21.3 Å². The number of aliphatic imine (C=N–C) groups is 1. The lowest BCUT2D eigenvalue weighted by atomic mass is 9.98. The number of halogens is 2. The lowest BCUT2D eigenvalue weighted by Gasteiger charge is -2.23. The van der Waals surface area contributed by atoms with E-state index in [1.165, 1.54) is 23.9 Å². The summed E-state index contributed by atoms with van der Waals surface area (Å²) in [7, 11) is 0. The van der Waals surface area contributed by atoms with Gasteiger partial charge in [-0.05, 0) is 47.5 Å². The van der Waals surface area contributed by atoms with E-state index in [1.54, 1.807) is 29.3 Å². The zero-order chi connectivity index (χ0) is 24.4. The Morgan fingerprint density at radius 1 is 1.09 bits per heavy atom. The van der Waals surface area contributed by atoms with Crippen LogP contribution in [0.25, 0.3) is 0 Å². The van der Waals surface area contributed by atoms with E-state index >= 15 is 0 Å². The zero-order valence-corrected chi connectivity index (χ0v) is 20.8. The fourth-order valence-corrected chi connectivity index (χ4v) is 5.44. The Labute approximate surface area is 214 Å². The molecule has 0 saturated heterocycles. The van der Waals surface area contributed by atoms with Crippen molar-refractivity contribution in [1.29, 1.82) is 0 Å². The molecule has 35 heavy (non-hydrogen) atoms. The van der Waals surface area contributed by atoms with Gasteiger partial charge in [0.2, 0.25) is 5.91 Å². The number of carbonyl (C=O) groups is 2. The molecule has 6 nitrogen and oxygen atoms in total. The molecule has 0 bridgehead atoms. The first kappa shape index (κ1) is 23.4. The SMILES string of the molecule is O=C(CC1SC(N2N=C(c3cccc(Br)c3)CC2c2ccc(F)cc2)=NC1=O)Nc1ccccc1. The van der Waals surface area contributed by atoms with Crippen molar-refractivity contribution >= 4 is 56.1 Å². The number of amides is 2. The molecule has 2 heterocycles. The molecule has 2 aliphatic rings. The van der Waals surface area contributed by atoms with E-state index in [1.807, 2.05) is 42.5 Å². The largest absolute Gasteiger partial charge is 0.326 e. The summed E-state index contributed by atoms with van der Waals surface area (Å²) in [6.45, 7) is 0. The predicted octanol–water partition coefficient (Wildman–Crippen LogP) is 5.77. The monoisotopic (exact) mass is 550 g/mol. The van der Waals surface area contributed by atoms with Crippen LogP contribution in [0.2, 0.25) is 0 Å². The van der Waals surface area contributed by atoms with Gasteiger partial charge < -0.3 is 5.32 Å². The number of hydrogen-bond acceptors (Lipinski definition) is 5. The van der Waals surface area contributed by atoms with Crippen LogP contribution in [0.4, 0.5) is 10.1 Å². The molecule has 0 spiro atoms. The van der Waals surface area contributed by atoms with Crippen LogP contribution in [-0.4, -0.2) is 33.0 Å². The van der Waals surface area contributed by atoms with Gasteiger partial charge in [-0.25, -0.2) is 9.40 Å². The molecule has 9 heteroatoms. The summed E-state index contributed by atoms with van der Waals surface area (Å²) in [5, 5.41) is 9.15. The first-order valence-corrected chi connectivity index (χ1v) is 12.7. The number of rotatable bonds is 5. The first-order valence-electron chi connectivity index (χ1n) is 11.0. The molecule has 2 amide bonds. The third kappa shape index (κ3) is 5.36. The lowest BCUT2D eigenvalue weighted by Crippen LogP contribution is -2.25. The smallest absolute Gasteiger partial charge is 0.262 e. The molecule has 3 aromatic carbocycles. The Hall–Kier alpha value is -3.30. The van der Waals surface area contributed by atoms with Gasteiger partial charge in [-0.1, -0.05) is 70.2 Å². The average Bonchev–Trinajstić information content (AvgIpc) is 3.44. The average molecular weight is 551 g/mol. The normalized spacial score (nSPS) is 19.5. The first-order chi connectivity index (χ1) is 17.0. The summed E-state index contributed by atoms with van der Waals surface area (Å²) in [6, 6.07) is 23.0. The molecule has 2 unspecified atom stereocenters. The van der Waals surface area contributed by atoms with Crippen LogP contribution in [-0.2, 0) is 9.59 Å². The minimum Gasteiger partial charge on any atom is -0.326 e. The standard InChI is InChI=1S/C26H20BrFN4O2S/c27-18-6-4-5-17(13-18)21-14-22(16-9-11-19(28)12-10-16)32(31-21)26-30-25(34)23(35-26)15-24(33)29-20-7-2-1-3-8-20/h1-13,22-23H,14-15H2,(H,29,33). The summed E-state index contributed by atoms with van der Waals surface area (Å²) in [5.41, 5.74) is 3.32. The maximum atomic E-state index is 13.6. The lowest BCUT2D eigenvalue weighted by molar-refractivity contribution is -0.121. The quantitative estimate of drug-likeness (QED) is 0.437. The Morgan fingerprint density at radius 2 is 1.86 bits per heavy atom. The number of carbonyl (C=O) groups excluding carboxylic acids is 2. The summed E-state index contributed by atoms with van der Waals surface area (Å²) in [6.07, 6.45) is 0.567. The van der Waals surface area contributed by atoms with Crippen LogP contribution in [0.15, 0.2) is 93.4 Å². The second kappa shape index (κ2) is 10.1. The third-order valence-electron chi connectivity index (χ3n) is 5.68. The Balaban J connectivity index is 1.37. The van der Waals surface area contributed by atoms with Crippen LogP contribution in [0.5, 0.6) is 0 Å². The van der Waals surface area contributed by atoms with Gasteiger partial charge in [-0.2, -0.15) is 10.1 Å². The van der Waals surface area contributed by atoms with Crippen LogP contribution >= 0.6 is 27.7 Å². The minimum atomic E-state index is -0.632. The molecule has 5 rings (SSSR count). The second-order valence-electron chi connectivity index (χ2n) is 8.13. The maximum Gasteiger partial charge on any atom is 0.262 e. The van der Waals surface area contributed by atoms with Gasteiger partial charge in [-0.3, -0.25) is 9.59 Å². The number of nitrogens with zero attached hydrogens (tertiary/aromatic N) is 3. The minimum absolute atomic E-state index is 0.00263. The fraction of sp³-hybridized carbons (Fsp3) is 0.154. The topological polar surface area (TPSA) is 74.1 Å². The number of hydrazone groups is 1. The Morgan fingerprint density at radius 3 is 2.60 bits per heavy atom. The second-order valence-corrected chi connectivity index (χ2v) is 10.2. The number of benzene rings is 3. The van der Waals surface area contributed by atoms with Crippen LogP contribution in [0.3, 0.4) is 0 Å². The summed E-state index contributed by atoms with van der Waals surface area (Å²) in [4.78, 5) is 29.5. The van der Waals surface area contributed by atoms with E-state index < -0.39 is 5.25 Å². The Bertz CT molecular complexity index is 1330. The molecule has 2 aliphatic heterocycles. The van der Waals surface area contributed by atoms with E-state index in [-0.39, 0.29) is 30.1 Å². The highest BCUT2D eigenvalue weighted by Gasteiger charge is 2.39. The molecular formula is C26H20BrFN4O2S. The molecule has 0 aromatic heterocycles. The maximum absolute atomic E-state index is 13.6. The molecule has 0 saturated carbocycles. The number of para-hydroxylation sites is 1.